The lowest BCUT2D eigenvalue weighted by Gasteiger charge is -2.34. The number of aryl methyl sites for hydroxylation is 1. The van der Waals surface area contributed by atoms with Crippen molar-refractivity contribution in [1.82, 2.24) is 9.88 Å². The molecule has 1 fully saturated rings. The normalized spacial score (nSPS) is 18.2. The van der Waals surface area contributed by atoms with Crippen molar-refractivity contribution in [2.24, 2.45) is 0 Å². The number of likely N-dealkylation sites (N-methyl/N-ethyl adjacent to an activating group) is 1. The largest absolute Gasteiger partial charge is 0.416 e. The summed E-state index contributed by atoms with van der Waals surface area (Å²) in [6.45, 7) is 7.22. The Labute approximate surface area is 202 Å². The molecule has 0 aliphatic carbocycles. The molecule has 3 heterocycles. The average molecular weight is 484 g/mol. The van der Waals surface area contributed by atoms with Gasteiger partial charge in [-0.2, -0.15) is 13.2 Å². The zero-order chi connectivity index (χ0) is 24.9. The average Bonchev–Trinajstić information content (AvgIpc) is 3.39. The molecular formula is C26H28F3N5O. The van der Waals surface area contributed by atoms with E-state index < -0.39 is 11.7 Å². The molecular weight excluding hydrogens is 455 g/mol. The van der Waals surface area contributed by atoms with E-state index in [1.54, 1.807) is 6.92 Å². The maximum Gasteiger partial charge on any atom is 0.416 e. The Bertz CT molecular complexity index is 1260. The number of carbonyl (C=O) groups excluding carboxylic acids is 1. The fraction of sp³-hybridized carbons (Fsp3) is 0.346. The van der Waals surface area contributed by atoms with Crippen molar-refractivity contribution in [3.8, 4) is 11.1 Å². The quantitative estimate of drug-likeness (QED) is 0.428. The Morgan fingerprint density at radius 1 is 0.971 bits per heavy atom. The van der Waals surface area contributed by atoms with Crippen molar-refractivity contribution in [1.29, 1.82) is 0 Å². The molecule has 1 atom stereocenters. The second-order valence-corrected chi connectivity index (χ2v) is 9.29. The number of aromatic nitrogens is 1. The van der Waals surface area contributed by atoms with Crippen molar-refractivity contribution < 1.29 is 18.0 Å². The first-order chi connectivity index (χ1) is 16.6. The Morgan fingerprint density at radius 2 is 1.63 bits per heavy atom. The number of hydrogen-bond donors (Lipinski definition) is 3. The first kappa shape index (κ1) is 23.3. The van der Waals surface area contributed by atoms with Crippen LogP contribution in [0.1, 0.15) is 40.4 Å². The van der Waals surface area contributed by atoms with Crippen LogP contribution >= 0.6 is 0 Å². The summed E-state index contributed by atoms with van der Waals surface area (Å²) in [5.41, 5.74) is 5.34. The fourth-order valence-electron chi connectivity index (χ4n) is 4.96. The summed E-state index contributed by atoms with van der Waals surface area (Å²) in [6, 6.07) is 11.2. The maximum absolute atomic E-state index is 13.1. The Balaban J connectivity index is 1.48. The van der Waals surface area contributed by atoms with E-state index in [1.165, 1.54) is 19.1 Å². The minimum absolute atomic E-state index is 0.146. The van der Waals surface area contributed by atoms with Crippen LogP contribution in [0.4, 0.5) is 30.2 Å². The van der Waals surface area contributed by atoms with Crippen LogP contribution in [0.15, 0.2) is 42.5 Å². The molecule has 6 nitrogen and oxygen atoms in total. The number of alkyl halides is 3. The number of anilines is 3. The number of hydrogen-bond acceptors (Lipinski definition) is 5. The SMILES string of the molecule is CC(=O)c1c(C)[nH]c(C2Nc3ccc(N4CCN(C)CC4)cc3N2)c1-c1ccc(C(F)(F)F)cc1. The molecule has 3 N–H and O–H groups in total. The first-order valence-corrected chi connectivity index (χ1v) is 11.6. The van der Waals surface area contributed by atoms with Gasteiger partial charge in [0.15, 0.2) is 5.78 Å². The predicted octanol–water partition coefficient (Wildman–Crippen LogP) is 5.50. The van der Waals surface area contributed by atoms with Gasteiger partial charge >= 0.3 is 6.18 Å². The lowest BCUT2D eigenvalue weighted by atomic mass is 9.96. The van der Waals surface area contributed by atoms with Crippen LogP contribution < -0.4 is 15.5 Å². The summed E-state index contributed by atoms with van der Waals surface area (Å²) in [7, 11) is 2.12. The third-order valence-corrected chi connectivity index (χ3v) is 6.83. The Hall–Kier alpha value is -3.46. The summed E-state index contributed by atoms with van der Waals surface area (Å²) in [6.07, 6.45) is -4.78. The van der Waals surface area contributed by atoms with Crippen LogP contribution in [-0.4, -0.2) is 48.9 Å². The van der Waals surface area contributed by atoms with E-state index in [4.69, 9.17) is 0 Å². The van der Waals surface area contributed by atoms with Gasteiger partial charge in [-0.25, -0.2) is 0 Å². The van der Waals surface area contributed by atoms with Gasteiger partial charge in [0.2, 0.25) is 0 Å². The van der Waals surface area contributed by atoms with Gasteiger partial charge in [-0.1, -0.05) is 12.1 Å². The number of rotatable bonds is 4. The molecule has 184 valence electrons. The molecule has 2 aliphatic rings. The van der Waals surface area contributed by atoms with Crippen molar-refractivity contribution >= 4 is 22.8 Å². The standard InChI is InChI=1S/C26H28F3N5O/c1-15-22(16(2)35)23(17-4-6-18(7-5-17)26(27,28)29)24(30-15)25-31-20-9-8-19(14-21(20)32-25)34-12-10-33(3)11-13-34/h4-9,14,25,30-32H,10-13H2,1-3H3. The molecule has 2 aliphatic heterocycles. The summed E-state index contributed by atoms with van der Waals surface area (Å²) in [5, 5.41) is 6.95. The highest BCUT2D eigenvalue weighted by Gasteiger charge is 2.32. The number of H-pyrrole nitrogens is 1. The van der Waals surface area contributed by atoms with Gasteiger partial charge in [0, 0.05) is 48.7 Å². The van der Waals surface area contributed by atoms with Crippen molar-refractivity contribution in [3.05, 3.63) is 65.0 Å². The topological polar surface area (TPSA) is 63.4 Å². The number of aromatic amines is 1. The highest BCUT2D eigenvalue weighted by molar-refractivity contribution is 6.03. The van der Waals surface area contributed by atoms with E-state index in [1.807, 2.05) is 6.07 Å². The van der Waals surface area contributed by atoms with Gasteiger partial charge in [-0.05, 0) is 56.8 Å². The van der Waals surface area contributed by atoms with Gasteiger partial charge in [-0.15, -0.1) is 0 Å². The van der Waals surface area contributed by atoms with Crippen LogP contribution in [0.3, 0.4) is 0 Å². The van der Waals surface area contributed by atoms with E-state index >= 15 is 0 Å². The third kappa shape index (κ3) is 4.36. The lowest BCUT2D eigenvalue weighted by Crippen LogP contribution is -2.44. The lowest BCUT2D eigenvalue weighted by molar-refractivity contribution is -0.137. The van der Waals surface area contributed by atoms with E-state index in [0.29, 0.717) is 28.1 Å². The van der Waals surface area contributed by atoms with Gasteiger partial charge in [0.05, 0.1) is 22.6 Å². The highest BCUT2D eigenvalue weighted by atomic mass is 19.4. The van der Waals surface area contributed by atoms with E-state index in [9.17, 15) is 18.0 Å². The minimum Gasteiger partial charge on any atom is -0.369 e. The fourth-order valence-corrected chi connectivity index (χ4v) is 4.96. The number of fused-ring (bicyclic) bond motifs is 1. The smallest absolute Gasteiger partial charge is 0.369 e. The number of ketones is 1. The molecule has 5 rings (SSSR count). The van der Waals surface area contributed by atoms with Crippen LogP contribution in [-0.2, 0) is 6.18 Å². The van der Waals surface area contributed by atoms with Crippen LogP contribution in [0.5, 0.6) is 0 Å². The predicted molar refractivity (Wildman–Crippen MR) is 132 cm³/mol. The monoisotopic (exact) mass is 483 g/mol. The molecule has 35 heavy (non-hydrogen) atoms. The molecule has 1 aromatic heterocycles. The minimum atomic E-state index is -4.42. The van der Waals surface area contributed by atoms with Gasteiger partial charge in [-0.3, -0.25) is 4.79 Å². The number of benzene rings is 2. The summed E-state index contributed by atoms with van der Waals surface area (Å²) in [5.74, 6) is -0.146. The first-order valence-electron chi connectivity index (χ1n) is 11.6. The number of nitrogens with one attached hydrogen (secondary N) is 3. The molecule has 0 saturated carbocycles. The number of Topliss-reactive ketones (excluding diaryl/α,β-unsaturated/α-hetero) is 1. The number of halogens is 3. The second kappa shape index (κ2) is 8.64. The molecule has 1 unspecified atom stereocenters. The van der Waals surface area contributed by atoms with Crippen LogP contribution in [0, 0.1) is 6.92 Å². The maximum atomic E-state index is 13.1. The molecule has 3 aromatic rings. The third-order valence-electron chi connectivity index (χ3n) is 6.83. The van der Waals surface area contributed by atoms with Gasteiger partial charge < -0.3 is 25.4 Å². The summed E-state index contributed by atoms with van der Waals surface area (Å²) >= 11 is 0. The second-order valence-electron chi connectivity index (χ2n) is 9.29. The van der Waals surface area contributed by atoms with E-state index in [0.717, 1.165) is 55.4 Å². The highest BCUT2D eigenvalue weighted by Crippen LogP contribution is 2.42. The van der Waals surface area contributed by atoms with Gasteiger partial charge in [0.1, 0.15) is 6.17 Å². The zero-order valence-electron chi connectivity index (χ0n) is 19.9. The molecule has 0 spiro atoms. The van der Waals surface area contributed by atoms with Crippen LogP contribution in [0.25, 0.3) is 11.1 Å². The molecule has 0 radical (unpaired) electrons. The molecule has 2 aromatic carbocycles. The molecule has 1 saturated heterocycles. The van der Waals surface area contributed by atoms with Crippen molar-refractivity contribution in [2.75, 3.05) is 48.8 Å². The van der Waals surface area contributed by atoms with E-state index in [-0.39, 0.29) is 11.9 Å². The van der Waals surface area contributed by atoms with Crippen molar-refractivity contribution in [2.45, 2.75) is 26.2 Å². The van der Waals surface area contributed by atoms with Crippen LogP contribution in [0.2, 0.25) is 0 Å². The number of piperazine rings is 1. The van der Waals surface area contributed by atoms with Crippen molar-refractivity contribution in [3.63, 3.8) is 0 Å². The summed E-state index contributed by atoms with van der Waals surface area (Å²) < 4.78 is 39.3. The van der Waals surface area contributed by atoms with Gasteiger partial charge in [0.25, 0.3) is 0 Å². The Morgan fingerprint density at radius 3 is 2.26 bits per heavy atom. The molecule has 0 amide bonds. The Kier molecular flexibility index (Phi) is 5.75. The van der Waals surface area contributed by atoms with E-state index in [2.05, 4.69) is 44.6 Å². The molecule has 9 heteroatoms. The number of carbonyl (C=O) groups is 1. The molecule has 0 bridgehead atoms. The summed E-state index contributed by atoms with van der Waals surface area (Å²) in [4.78, 5) is 20.5. The number of nitrogens with zero attached hydrogens (tertiary/aromatic N) is 2. The zero-order valence-corrected chi connectivity index (χ0v) is 19.9.